The zero-order chi connectivity index (χ0) is 15.7. The molecule has 0 unspecified atom stereocenters. The largest absolute Gasteiger partial charge is 0.364 e. The van der Waals surface area contributed by atoms with E-state index in [1.165, 1.54) is 0 Å². The highest BCUT2D eigenvalue weighted by molar-refractivity contribution is 6.05. The summed E-state index contributed by atoms with van der Waals surface area (Å²) in [5.41, 5.74) is 7.37. The fourth-order valence-corrected chi connectivity index (χ4v) is 2.31. The van der Waals surface area contributed by atoms with E-state index in [9.17, 15) is 4.79 Å². The molecule has 2 aromatic heterocycles. The molecule has 3 N–H and O–H groups in total. The fraction of sp³-hybridized carbons (Fsp3) is 0.200. The summed E-state index contributed by atoms with van der Waals surface area (Å²) < 4.78 is 1.79. The van der Waals surface area contributed by atoms with Crippen molar-refractivity contribution in [2.75, 3.05) is 5.32 Å². The first-order valence-electron chi connectivity index (χ1n) is 6.93. The van der Waals surface area contributed by atoms with Crippen LogP contribution in [0.1, 0.15) is 30.4 Å². The van der Waals surface area contributed by atoms with Crippen molar-refractivity contribution < 1.29 is 4.79 Å². The molecule has 7 nitrogen and oxygen atoms in total. The second kappa shape index (κ2) is 5.44. The number of carbonyl (C=O) groups is 1. The minimum atomic E-state index is -0.541. The molecule has 0 fully saturated rings. The van der Waals surface area contributed by atoms with Gasteiger partial charge in [-0.3, -0.25) is 9.48 Å². The zero-order valence-corrected chi connectivity index (χ0v) is 12.3. The first-order chi connectivity index (χ1) is 10.6. The normalized spacial score (nSPS) is 11.0. The number of rotatable bonds is 4. The van der Waals surface area contributed by atoms with Gasteiger partial charge in [-0.2, -0.15) is 10.2 Å². The Morgan fingerprint density at radius 2 is 2.14 bits per heavy atom. The average Bonchev–Trinajstić information content (AvgIpc) is 2.87. The second-order valence-electron chi connectivity index (χ2n) is 5.22. The van der Waals surface area contributed by atoms with Crippen LogP contribution in [0.4, 0.5) is 11.5 Å². The minimum Gasteiger partial charge on any atom is -0.364 e. The predicted octanol–water partition coefficient (Wildman–Crippen LogP) is 2.25. The maximum atomic E-state index is 11.6. The molecule has 0 atom stereocenters. The molecule has 0 aliphatic rings. The van der Waals surface area contributed by atoms with Crippen molar-refractivity contribution in [2.24, 2.45) is 5.73 Å². The third-order valence-corrected chi connectivity index (χ3v) is 3.27. The molecule has 0 spiro atoms. The average molecular weight is 296 g/mol. The molecule has 0 saturated carbocycles. The van der Waals surface area contributed by atoms with Gasteiger partial charge in [0.1, 0.15) is 0 Å². The molecular weight excluding hydrogens is 280 g/mol. The first-order valence-corrected chi connectivity index (χ1v) is 6.93. The van der Waals surface area contributed by atoms with Crippen LogP contribution in [0.5, 0.6) is 0 Å². The molecule has 112 valence electrons. The van der Waals surface area contributed by atoms with Crippen LogP contribution in [0.3, 0.4) is 0 Å². The lowest BCUT2D eigenvalue weighted by molar-refractivity contribution is 0.0996. The molecule has 1 aromatic carbocycles. The number of primary amides is 1. The zero-order valence-electron chi connectivity index (χ0n) is 12.3. The van der Waals surface area contributed by atoms with Gasteiger partial charge in [0.15, 0.2) is 11.5 Å². The van der Waals surface area contributed by atoms with E-state index in [1.807, 2.05) is 38.1 Å². The molecule has 0 bridgehead atoms. The lowest BCUT2D eigenvalue weighted by atomic mass is 10.1. The molecule has 0 saturated heterocycles. The molecule has 2 heterocycles. The van der Waals surface area contributed by atoms with Gasteiger partial charge in [-0.1, -0.05) is 0 Å². The van der Waals surface area contributed by atoms with E-state index in [0.717, 1.165) is 16.6 Å². The van der Waals surface area contributed by atoms with Gasteiger partial charge in [0, 0.05) is 23.3 Å². The summed E-state index contributed by atoms with van der Waals surface area (Å²) in [6.07, 6.45) is 1.60. The standard InChI is InChI=1S/C15H16N6O/c1-9(2)21-12-6-5-10(18-13-4-3-7-17-19-13)8-11(12)14(20-21)15(16)22/h3-9H,1-2H3,(H2,16,22)(H,18,19). The van der Waals surface area contributed by atoms with E-state index in [1.54, 1.807) is 16.9 Å². The Labute approximate surface area is 127 Å². The fourth-order valence-electron chi connectivity index (χ4n) is 2.31. The molecule has 0 aliphatic heterocycles. The number of nitrogens with two attached hydrogens (primary N) is 1. The van der Waals surface area contributed by atoms with Crippen LogP contribution in [-0.4, -0.2) is 25.9 Å². The Balaban J connectivity index is 2.08. The van der Waals surface area contributed by atoms with Crippen molar-refractivity contribution in [3.05, 3.63) is 42.2 Å². The van der Waals surface area contributed by atoms with E-state index in [-0.39, 0.29) is 11.7 Å². The Morgan fingerprint density at radius 1 is 1.32 bits per heavy atom. The van der Waals surface area contributed by atoms with E-state index in [4.69, 9.17) is 5.73 Å². The number of amides is 1. The Hall–Kier alpha value is -2.96. The number of nitrogens with zero attached hydrogens (tertiary/aromatic N) is 4. The Bertz CT molecular complexity index is 825. The van der Waals surface area contributed by atoms with Crippen LogP contribution >= 0.6 is 0 Å². The molecule has 0 radical (unpaired) electrons. The van der Waals surface area contributed by atoms with E-state index in [0.29, 0.717) is 5.82 Å². The summed E-state index contributed by atoms with van der Waals surface area (Å²) in [4.78, 5) is 11.6. The van der Waals surface area contributed by atoms with Crippen LogP contribution in [0.25, 0.3) is 10.9 Å². The van der Waals surface area contributed by atoms with Gasteiger partial charge in [-0.05, 0) is 44.2 Å². The van der Waals surface area contributed by atoms with Gasteiger partial charge in [0.2, 0.25) is 0 Å². The topological polar surface area (TPSA) is 98.7 Å². The van der Waals surface area contributed by atoms with Crippen molar-refractivity contribution in [1.29, 1.82) is 0 Å². The van der Waals surface area contributed by atoms with Gasteiger partial charge >= 0.3 is 0 Å². The van der Waals surface area contributed by atoms with Gasteiger partial charge in [0.25, 0.3) is 5.91 Å². The number of carbonyl (C=O) groups excluding carboxylic acids is 1. The summed E-state index contributed by atoms with van der Waals surface area (Å²) in [6, 6.07) is 9.39. The number of hydrogen-bond donors (Lipinski definition) is 2. The van der Waals surface area contributed by atoms with E-state index in [2.05, 4.69) is 20.6 Å². The molecular formula is C15H16N6O. The molecule has 3 rings (SSSR count). The van der Waals surface area contributed by atoms with E-state index < -0.39 is 5.91 Å². The summed E-state index contributed by atoms with van der Waals surface area (Å²) in [6.45, 7) is 4.01. The van der Waals surface area contributed by atoms with Crippen LogP contribution < -0.4 is 11.1 Å². The van der Waals surface area contributed by atoms with Gasteiger partial charge in [-0.15, -0.1) is 5.10 Å². The first kappa shape index (κ1) is 14.0. The number of fused-ring (bicyclic) bond motifs is 1. The van der Waals surface area contributed by atoms with Crippen LogP contribution in [0, 0.1) is 0 Å². The molecule has 22 heavy (non-hydrogen) atoms. The van der Waals surface area contributed by atoms with Crippen LogP contribution in [0.2, 0.25) is 0 Å². The van der Waals surface area contributed by atoms with Crippen molar-refractivity contribution >= 4 is 28.3 Å². The van der Waals surface area contributed by atoms with Crippen molar-refractivity contribution in [3.8, 4) is 0 Å². The highest BCUT2D eigenvalue weighted by Gasteiger charge is 2.16. The lowest BCUT2D eigenvalue weighted by Crippen LogP contribution is -2.13. The van der Waals surface area contributed by atoms with Gasteiger partial charge < -0.3 is 11.1 Å². The number of hydrogen-bond acceptors (Lipinski definition) is 5. The van der Waals surface area contributed by atoms with Gasteiger partial charge in [0.05, 0.1) is 5.52 Å². The summed E-state index contributed by atoms with van der Waals surface area (Å²) in [5.74, 6) is 0.0831. The monoisotopic (exact) mass is 296 g/mol. The van der Waals surface area contributed by atoms with Crippen LogP contribution in [0.15, 0.2) is 36.5 Å². The lowest BCUT2D eigenvalue weighted by Gasteiger charge is -2.08. The quantitative estimate of drug-likeness (QED) is 0.769. The third-order valence-electron chi connectivity index (χ3n) is 3.27. The highest BCUT2D eigenvalue weighted by Crippen LogP contribution is 2.26. The van der Waals surface area contributed by atoms with Crippen molar-refractivity contribution in [1.82, 2.24) is 20.0 Å². The maximum Gasteiger partial charge on any atom is 0.269 e. The maximum absolute atomic E-state index is 11.6. The molecule has 3 aromatic rings. The van der Waals surface area contributed by atoms with Crippen LogP contribution in [-0.2, 0) is 0 Å². The second-order valence-corrected chi connectivity index (χ2v) is 5.22. The highest BCUT2D eigenvalue weighted by atomic mass is 16.1. The third kappa shape index (κ3) is 2.48. The molecule has 7 heteroatoms. The number of aromatic nitrogens is 4. The van der Waals surface area contributed by atoms with Gasteiger partial charge in [-0.25, -0.2) is 0 Å². The minimum absolute atomic E-state index is 0.134. The summed E-state index contributed by atoms with van der Waals surface area (Å²) >= 11 is 0. The summed E-state index contributed by atoms with van der Waals surface area (Å²) in [7, 11) is 0. The molecule has 1 amide bonds. The number of benzene rings is 1. The number of nitrogens with one attached hydrogen (secondary N) is 1. The smallest absolute Gasteiger partial charge is 0.269 e. The molecule has 0 aliphatic carbocycles. The Kier molecular flexibility index (Phi) is 3.46. The van der Waals surface area contributed by atoms with Crippen molar-refractivity contribution in [2.45, 2.75) is 19.9 Å². The SMILES string of the molecule is CC(C)n1nc(C(N)=O)c2cc(Nc3cccnn3)ccc21. The van der Waals surface area contributed by atoms with E-state index >= 15 is 0 Å². The Morgan fingerprint density at radius 3 is 2.77 bits per heavy atom. The number of anilines is 2. The van der Waals surface area contributed by atoms with Crippen molar-refractivity contribution in [3.63, 3.8) is 0 Å². The summed E-state index contributed by atoms with van der Waals surface area (Å²) in [5, 5.41) is 16.0. The predicted molar refractivity (Wildman–Crippen MR) is 84.0 cm³/mol.